The minimum absolute atomic E-state index is 0.110. The highest BCUT2D eigenvalue weighted by Gasteiger charge is 2.30. The second-order valence-electron chi connectivity index (χ2n) is 12.6. The number of benzene rings is 4. The molecule has 4 N–H and O–H groups in total. The summed E-state index contributed by atoms with van der Waals surface area (Å²) >= 11 is 0. The summed E-state index contributed by atoms with van der Waals surface area (Å²) in [7, 11) is 0. The summed E-state index contributed by atoms with van der Waals surface area (Å²) in [6.45, 7) is 17.2. The van der Waals surface area contributed by atoms with Gasteiger partial charge < -0.3 is 20.4 Å². The Bertz CT molecular complexity index is 1360. The van der Waals surface area contributed by atoms with Crippen LogP contribution in [0.1, 0.15) is 120 Å². The van der Waals surface area contributed by atoms with Crippen molar-refractivity contribution in [1.82, 2.24) is 0 Å². The van der Waals surface area contributed by atoms with E-state index in [4.69, 9.17) is 0 Å². The first-order valence-corrected chi connectivity index (χ1v) is 15.5. The average molecular weight is 583 g/mol. The molecule has 0 aliphatic carbocycles. The topological polar surface area (TPSA) is 80.9 Å². The van der Waals surface area contributed by atoms with E-state index in [1.54, 1.807) is 36.4 Å². The minimum atomic E-state index is -0.485. The molecule has 4 aromatic carbocycles. The molecule has 0 spiro atoms. The third-order valence-corrected chi connectivity index (χ3v) is 9.47. The number of hydrogen-bond acceptors (Lipinski definition) is 4. The molecule has 0 aromatic heterocycles. The highest BCUT2D eigenvalue weighted by atomic mass is 16.3. The van der Waals surface area contributed by atoms with E-state index in [0.717, 1.165) is 41.5 Å². The molecule has 2 atom stereocenters. The maximum Gasteiger partial charge on any atom is 0.119 e. The van der Waals surface area contributed by atoms with E-state index in [9.17, 15) is 20.4 Å². The maximum atomic E-state index is 10.5. The lowest BCUT2D eigenvalue weighted by Gasteiger charge is -2.29. The van der Waals surface area contributed by atoms with Crippen molar-refractivity contribution in [1.29, 1.82) is 0 Å². The summed E-state index contributed by atoms with van der Waals surface area (Å²) < 4.78 is 0. The second kappa shape index (κ2) is 14.0. The first kappa shape index (κ1) is 33.6. The van der Waals surface area contributed by atoms with E-state index in [0.29, 0.717) is 11.8 Å². The zero-order chi connectivity index (χ0) is 31.9. The molecule has 4 rings (SSSR count). The number of phenolic OH excluding ortho intramolecular Hbond substituents is 4. The fraction of sp³-hybridized carbons (Fsp3) is 0.385. The quantitative estimate of drug-likeness (QED) is 0.158. The van der Waals surface area contributed by atoms with Gasteiger partial charge in [-0.2, -0.15) is 0 Å². The summed E-state index contributed by atoms with van der Waals surface area (Å²) in [6.07, 6.45) is 3.06. The zero-order valence-electron chi connectivity index (χ0n) is 27.1. The third kappa shape index (κ3) is 7.54. The molecular formula is C39H50O4. The van der Waals surface area contributed by atoms with Gasteiger partial charge in [-0.25, -0.2) is 0 Å². The molecule has 0 heterocycles. The van der Waals surface area contributed by atoms with Crippen molar-refractivity contribution in [2.24, 2.45) is 0 Å². The van der Waals surface area contributed by atoms with Crippen molar-refractivity contribution < 1.29 is 20.4 Å². The molecule has 4 nitrogen and oxygen atoms in total. The lowest BCUT2D eigenvalue weighted by molar-refractivity contribution is 0.434. The van der Waals surface area contributed by atoms with E-state index < -0.39 is 5.41 Å². The molecule has 2 unspecified atom stereocenters. The van der Waals surface area contributed by atoms with E-state index in [-0.39, 0.29) is 28.4 Å². The normalized spacial score (nSPS) is 13.1. The molecule has 0 radical (unpaired) electrons. The van der Waals surface area contributed by atoms with E-state index in [1.807, 2.05) is 36.4 Å². The van der Waals surface area contributed by atoms with Crippen LogP contribution in [0.2, 0.25) is 0 Å². The Morgan fingerprint density at radius 1 is 0.535 bits per heavy atom. The molecule has 0 aliphatic heterocycles. The number of phenols is 4. The number of aromatic hydroxyl groups is 4. The Morgan fingerprint density at radius 2 is 0.884 bits per heavy atom. The van der Waals surface area contributed by atoms with Crippen LogP contribution in [0.15, 0.2) is 84.9 Å². The van der Waals surface area contributed by atoms with Gasteiger partial charge in [-0.3, -0.25) is 0 Å². The van der Waals surface area contributed by atoms with Crippen molar-refractivity contribution in [2.45, 2.75) is 97.3 Å². The largest absolute Gasteiger partial charge is 0.508 e. The third-order valence-electron chi connectivity index (χ3n) is 9.47. The highest BCUT2D eigenvalue weighted by Crippen LogP contribution is 2.43. The fourth-order valence-electron chi connectivity index (χ4n) is 5.57. The van der Waals surface area contributed by atoms with E-state index >= 15 is 0 Å². The van der Waals surface area contributed by atoms with Gasteiger partial charge in [0.25, 0.3) is 0 Å². The van der Waals surface area contributed by atoms with Gasteiger partial charge in [-0.15, -0.1) is 0 Å². The molecule has 230 valence electrons. The maximum absolute atomic E-state index is 10.5. The molecule has 0 bridgehead atoms. The first-order valence-electron chi connectivity index (χ1n) is 15.5. The predicted molar refractivity (Wildman–Crippen MR) is 179 cm³/mol. The van der Waals surface area contributed by atoms with E-state index in [2.05, 4.69) is 67.5 Å². The number of rotatable bonds is 9. The molecule has 4 aromatic rings. The number of hydrogen-bond donors (Lipinski definition) is 4. The Kier molecular flexibility index (Phi) is 11.0. The fourth-order valence-corrected chi connectivity index (χ4v) is 5.57. The summed E-state index contributed by atoms with van der Waals surface area (Å²) in [5, 5.41) is 39.8. The van der Waals surface area contributed by atoms with Crippen molar-refractivity contribution in [2.75, 3.05) is 0 Å². The summed E-state index contributed by atoms with van der Waals surface area (Å²) in [5.41, 5.74) is 5.90. The van der Waals surface area contributed by atoms with Gasteiger partial charge in [-0.1, -0.05) is 104 Å². The Labute approximate surface area is 258 Å². The highest BCUT2D eigenvalue weighted by molar-refractivity contribution is 5.52. The van der Waals surface area contributed by atoms with Gasteiger partial charge in [0.05, 0.1) is 0 Å². The van der Waals surface area contributed by atoms with Crippen molar-refractivity contribution in [3.05, 3.63) is 118 Å². The monoisotopic (exact) mass is 582 g/mol. The van der Waals surface area contributed by atoms with Crippen LogP contribution in [0.4, 0.5) is 0 Å². The van der Waals surface area contributed by atoms with Crippen LogP contribution >= 0.6 is 0 Å². The van der Waals surface area contributed by atoms with Gasteiger partial charge in [0.1, 0.15) is 23.0 Å². The van der Waals surface area contributed by atoms with Crippen molar-refractivity contribution in [3.8, 4) is 23.0 Å². The Balaban J connectivity index is 0.000000248. The zero-order valence-corrected chi connectivity index (χ0v) is 27.1. The second-order valence-corrected chi connectivity index (χ2v) is 12.6. The van der Waals surface area contributed by atoms with Crippen LogP contribution in [0.25, 0.3) is 0 Å². The average Bonchev–Trinajstić information content (AvgIpc) is 3.01. The van der Waals surface area contributed by atoms with Crippen LogP contribution in [0.5, 0.6) is 23.0 Å². The summed E-state index contributed by atoms with van der Waals surface area (Å²) in [5.74, 6) is 2.01. The standard InChI is InChI=1S/C23H32O2.C16H18O2/c1-7-15(3)17-9-11-21(24)19(13-17)23(5,6)20-14-18(16(4)8-2)10-12-22(20)25;1-3-16(2,12-4-8-14(17)9-5-12)13-6-10-15(18)11-7-13/h9-16,24-25H,7-8H2,1-6H3;4-11,17-18H,3H2,1-2H3. The van der Waals surface area contributed by atoms with Gasteiger partial charge >= 0.3 is 0 Å². The molecule has 0 aliphatic rings. The molecule has 43 heavy (non-hydrogen) atoms. The Morgan fingerprint density at radius 3 is 1.19 bits per heavy atom. The first-order chi connectivity index (χ1) is 20.3. The molecule has 4 heteroatoms. The lowest BCUT2D eigenvalue weighted by Crippen LogP contribution is -2.22. The summed E-state index contributed by atoms with van der Waals surface area (Å²) in [4.78, 5) is 0. The van der Waals surface area contributed by atoms with E-state index in [1.165, 1.54) is 11.1 Å². The molecule has 0 fully saturated rings. The molecular weight excluding hydrogens is 532 g/mol. The van der Waals surface area contributed by atoms with Crippen molar-refractivity contribution in [3.63, 3.8) is 0 Å². The predicted octanol–water partition coefficient (Wildman–Crippen LogP) is 10.3. The van der Waals surface area contributed by atoms with Gasteiger partial charge in [0.2, 0.25) is 0 Å². The minimum Gasteiger partial charge on any atom is -0.508 e. The molecule has 0 amide bonds. The van der Waals surface area contributed by atoms with Gasteiger partial charge in [0.15, 0.2) is 0 Å². The Hall–Kier alpha value is -3.92. The van der Waals surface area contributed by atoms with Crippen LogP contribution in [0.3, 0.4) is 0 Å². The van der Waals surface area contributed by atoms with Crippen LogP contribution in [-0.4, -0.2) is 20.4 Å². The van der Waals surface area contributed by atoms with Crippen LogP contribution in [-0.2, 0) is 10.8 Å². The SMILES string of the molecule is CCC(C)(c1ccc(O)cc1)c1ccc(O)cc1.CCC(C)c1ccc(O)c(C(C)(C)c2cc(C(C)CC)ccc2O)c1. The van der Waals surface area contributed by atoms with Crippen LogP contribution < -0.4 is 0 Å². The summed E-state index contributed by atoms with van der Waals surface area (Å²) in [6, 6.07) is 26.4. The van der Waals surface area contributed by atoms with Crippen LogP contribution in [0, 0.1) is 0 Å². The smallest absolute Gasteiger partial charge is 0.119 e. The molecule has 0 saturated carbocycles. The van der Waals surface area contributed by atoms with Gasteiger partial charge in [-0.05, 0) is 89.8 Å². The lowest BCUT2D eigenvalue weighted by atomic mass is 9.74. The molecule has 0 saturated heterocycles. The van der Waals surface area contributed by atoms with Gasteiger partial charge in [0, 0.05) is 22.0 Å². The van der Waals surface area contributed by atoms with Crippen molar-refractivity contribution >= 4 is 0 Å².